The summed E-state index contributed by atoms with van der Waals surface area (Å²) in [5.41, 5.74) is 11.5. The molecular weight excluding hydrogens is 496 g/mol. The standard InChI is InChI=1S/C35H36N2O3/c38-33-23(17-27-19-25-15-21-5-1-11-36-13-3-7-29(31(21)36)34(25)39-27)9-10-24(33)18-28-20-26-16-22-6-2-12-37-14-4-8-30(32(22)37)35(26)40-28/h15-20,25,34H,1-14H2. The molecule has 2 unspecified atom stereocenters. The average molecular weight is 533 g/mol. The monoisotopic (exact) mass is 532 g/mol. The molecule has 1 aromatic carbocycles. The van der Waals surface area contributed by atoms with Crippen molar-refractivity contribution in [2.75, 3.05) is 31.1 Å². The first-order valence-corrected chi connectivity index (χ1v) is 15.6. The number of ether oxygens (including phenoxy) is 1. The van der Waals surface area contributed by atoms with Crippen LogP contribution in [-0.4, -0.2) is 43.0 Å². The molecule has 1 saturated heterocycles. The fourth-order valence-electron chi connectivity index (χ4n) is 8.62. The van der Waals surface area contributed by atoms with E-state index in [0.29, 0.717) is 5.92 Å². The lowest BCUT2D eigenvalue weighted by atomic mass is 9.79. The summed E-state index contributed by atoms with van der Waals surface area (Å²) in [4.78, 5) is 18.6. The van der Waals surface area contributed by atoms with E-state index in [9.17, 15) is 4.79 Å². The maximum absolute atomic E-state index is 13.5. The topological polar surface area (TPSA) is 45.9 Å². The van der Waals surface area contributed by atoms with E-state index in [2.05, 4.69) is 34.1 Å². The van der Waals surface area contributed by atoms with Gasteiger partial charge in [0.2, 0.25) is 0 Å². The molecule has 2 aliphatic carbocycles. The molecule has 1 aromatic heterocycles. The molecule has 204 valence electrons. The number of ketones is 1. The molecule has 5 aliphatic heterocycles. The van der Waals surface area contributed by atoms with Gasteiger partial charge in [0, 0.05) is 65.6 Å². The number of furan rings is 1. The molecule has 0 N–H and O–H groups in total. The van der Waals surface area contributed by atoms with Crippen LogP contribution in [0.15, 0.2) is 68.5 Å². The highest BCUT2D eigenvalue weighted by Crippen LogP contribution is 2.46. The third kappa shape index (κ3) is 3.49. The Kier molecular flexibility index (Phi) is 5.09. The molecule has 0 amide bonds. The lowest BCUT2D eigenvalue weighted by Gasteiger charge is -2.43. The van der Waals surface area contributed by atoms with Gasteiger partial charge in [0.15, 0.2) is 5.78 Å². The summed E-state index contributed by atoms with van der Waals surface area (Å²) >= 11 is 0. The van der Waals surface area contributed by atoms with Gasteiger partial charge in [-0.2, -0.15) is 0 Å². The van der Waals surface area contributed by atoms with E-state index < -0.39 is 0 Å². The SMILES string of the molecule is O=C1C(=CC2=CC3C=C4CCCN5CCCC(=C45)C3O2)CCC1=Cc1cc2cc3c4c(c2o1)CCCN4CCC3. The molecule has 0 radical (unpaired) electrons. The van der Waals surface area contributed by atoms with E-state index in [1.165, 1.54) is 84.2 Å². The van der Waals surface area contributed by atoms with E-state index in [4.69, 9.17) is 9.15 Å². The first-order chi connectivity index (χ1) is 19.7. The number of rotatable bonds is 2. The van der Waals surface area contributed by atoms with Crippen LogP contribution in [0.4, 0.5) is 5.69 Å². The van der Waals surface area contributed by atoms with Gasteiger partial charge < -0.3 is 19.0 Å². The molecule has 40 heavy (non-hydrogen) atoms. The van der Waals surface area contributed by atoms with Crippen LogP contribution in [-0.2, 0) is 22.4 Å². The van der Waals surface area contributed by atoms with Crippen LogP contribution in [0.3, 0.4) is 0 Å². The molecule has 2 atom stereocenters. The second kappa shape index (κ2) is 8.76. The van der Waals surface area contributed by atoms with Crippen LogP contribution in [0.25, 0.3) is 17.0 Å². The molecule has 9 rings (SSSR count). The summed E-state index contributed by atoms with van der Waals surface area (Å²) in [6.07, 6.45) is 19.8. The number of allylic oxidation sites excluding steroid dienone is 4. The van der Waals surface area contributed by atoms with E-state index in [1.54, 1.807) is 0 Å². The van der Waals surface area contributed by atoms with Gasteiger partial charge >= 0.3 is 0 Å². The summed E-state index contributed by atoms with van der Waals surface area (Å²) in [5.74, 6) is 2.12. The van der Waals surface area contributed by atoms with E-state index in [1.807, 2.05) is 12.2 Å². The van der Waals surface area contributed by atoms with Gasteiger partial charge in [0.25, 0.3) is 0 Å². The quantitative estimate of drug-likeness (QED) is 0.399. The van der Waals surface area contributed by atoms with Crippen molar-refractivity contribution >= 4 is 28.5 Å². The number of piperidine rings is 1. The fraction of sp³-hybridized carbons (Fsp3) is 0.457. The predicted octanol–water partition coefficient (Wildman–Crippen LogP) is 6.79. The Hall–Kier alpha value is -3.47. The van der Waals surface area contributed by atoms with Gasteiger partial charge in [-0.15, -0.1) is 0 Å². The highest BCUT2D eigenvalue weighted by Gasteiger charge is 2.40. The van der Waals surface area contributed by atoms with Gasteiger partial charge in [0.1, 0.15) is 23.2 Å². The lowest BCUT2D eigenvalue weighted by molar-refractivity contribution is -0.111. The Labute approximate surface area is 235 Å². The average Bonchev–Trinajstić information content (AvgIpc) is 3.67. The zero-order valence-electron chi connectivity index (χ0n) is 23.1. The van der Waals surface area contributed by atoms with Crippen molar-refractivity contribution in [1.82, 2.24) is 4.90 Å². The summed E-state index contributed by atoms with van der Waals surface area (Å²) in [5, 5.41) is 1.18. The number of benzene rings is 1. The van der Waals surface area contributed by atoms with E-state index >= 15 is 0 Å². The maximum atomic E-state index is 13.5. The highest BCUT2D eigenvalue weighted by atomic mass is 16.5. The Morgan fingerprint density at radius 2 is 1.57 bits per heavy atom. The van der Waals surface area contributed by atoms with Crippen LogP contribution in [0.1, 0.15) is 68.3 Å². The van der Waals surface area contributed by atoms with Gasteiger partial charge in [0.05, 0.1) is 0 Å². The van der Waals surface area contributed by atoms with Crippen molar-refractivity contribution in [3.8, 4) is 0 Å². The van der Waals surface area contributed by atoms with Gasteiger partial charge in [-0.05, 0) is 111 Å². The molecule has 1 saturated carbocycles. The van der Waals surface area contributed by atoms with Crippen LogP contribution >= 0.6 is 0 Å². The smallest absolute Gasteiger partial charge is 0.185 e. The predicted molar refractivity (Wildman–Crippen MR) is 157 cm³/mol. The minimum absolute atomic E-state index is 0.108. The number of hydrogen-bond acceptors (Lipinski definition) is 5. The number of carbonyl (C=O) groups excluding carboxylic acids is 1. The third-order valence-electron chi connectivity index (χ3n) is 10.3. The maximum Gasteiger partial charge on any atom is 0.185 e. The lowest BCUT2D eigenvalue weighted by Crippen LogP contribution is -2.39. The van der Waals surface area contributed by atoms with Crippen molar-refractivity contribution < 1.29 is 13.9 Å². The van der Waals surface area contributed by atoms with Crippen molar-refractivity contribution in [1.29, 1.82) is 0 Å². The third-order valence-corrected chi connectivity index (χ3v) is 10.3. The van der Waals surface area contributed by atoms with Gasteiger partial charge in [-0.1, -0.05) is 6.08 Å². The first-order valence-electron chi connectivity index (χ1n) is 15.6. The Bertz CT molecular complexity index is 1630. The van der Waals surface area contributed by atoms with Crippen LogP contribution < -0.4 is 4.90 Å². The molecule has 6 heterocycles. The van der Waals surface area contributed by atoms with Crippen LogP contribution in [0.5, 0.6) is 0 Å². The second-order valence-corrected chi connectivity index (χ2v) is 12.7. The first kappa shape index (κ1) is 23.3. The zero-order valence-corrected chi connectivity index (χ0v) is 23.1. The number of Topliss-reactive ketones (excluding diaryl/α,β-unsaturated/α-hetero) is 1. The summed E-state index contributed by atoms with van der Waals surface area (Å²) in [6, 6.07) is 4.47. The van der Waals surface area contributed by atoms with Crippen LogP contribution in [0, 0.1) is 5.92 Å². The van der Waals surface area contributed by atoms with Crippen molar-refractivity contribution in [3.63, 3.8) is 0 Å². The number of fused-ring (bicyclic) bond motifs is 4. The Morgan fingerprint density at radius 3 is 2.48 bits per heavy atom. The minimum Gasteiger partial charge on any atom is -0.485 e. The van der Waals surface area contributed by atoms with Gasteiger partial charge in [-0.3, -0.25) is 4.79 Å². The minimum atomic E-state index is 0.108. The molecule has 5 nitrogen and oxygen atoms in total. The molecule has 0 spiro atoms. The Balaban J connectivity index is 0.991. The normalized spacial score (nSPS) is 29.1. The Morgan fingerprint density at radius 1 is 0.800 bits per heavy atom. The van der Waals surface area contributed by atoms with Crippen molar-refractivity contribution in [2.24, 2.45) is 5.92 Å². The largest absolute Gasteiger partial charge is 0.485 e. The number of anilines is 1. The molecule has 5 heteroatoms. The van der Waals surface area contributed by atoms with Crippen molar-refractivity contribution in [3.05, 3.63) is 81.0 Å². The second-order valence-electron chi connectivity index (χ2n) is 12.7. The molecular formula is C35H36N2O3. The van der Waals surface area contributed by atoms with E-state index in [0.717, 1.165) is 73.4 Å². The van der Waals surface area contributed by atoms with Crippen molar-refractivity contribution in [2.45, 2.75) is 70.3 Å². The number of aryl methyl sites for hydroxylation is 2. The molecule has 7 aliphatic rings. The summed E-state index contributed by atoms with van der Waals surface area (Å²) in [6.45, 7) is 4.66. The zero-order chi connectivity index (χ0) is 26.4. The van der Waals surface area contributed by atoms with E-state index in [-0.39, 0.29) is 11.9 Å². The number of hydrogen-bond donors (Lipinski definition) is 0. The molecule has 2 fully saturated rings. The summed E-state index contributed by atoms with van der Waals surface area (Å²) in [7, 11) is 0. The highest BCUT2D eigenvalue weighted by molar-refractivity contribution is 6.13. The fourth-order valence-corrected chi connectivity index (χ4v) is 8.62. The summed E-state index contributed by atoms with van der Waals surface area (Å²) < 4.78 is 13.0. The van der Waals surface area contributed by atoms with Crippen LogP contribution in [0.2, 0.25) is 0 Å². The number of nitrogens with zero attached hydrogens (tertiary/aromatic N) is 2. The number of carbonyl (C=O) groups is 1. The molecule has 2 aromatic rings. The molecule has 0 bridgehead atoms. The van der Waals surface area contributed by atoms with Gasteiger partial charge in [-0.25, -0.2) is 0 Å².